The Hall–Kier alpha value is -1.94. The van der Waals surface area contributed by atoms with Crippen molar-refractivity contribution in [3.8, 4) is 0 Å². The van der Waals surface area contributed by atoms with E-state index in [1.165, 1.54) is 0 Å². The van der Waals surface area contributed by atoms with Gasteiger partial charge >= 0.3 is 13.1 Å². The van der Waals surface area contributed by atoms with Gasteiger partial charge in [-0.3, -0.25) is 9.59 Å². The lowest BCUT2D eigenvalue weighted by Crippen LogP contribution is -2.55. The lowest BCUT2D eigenvalue weighted by molar-refractivity contribution is -0.137. The van der Waals surface area contributed by atoms with Gasteiger partial charge in [0.15, 0.2) is 0 Å². The van der Waals surface area contributed by atoms with E-state index >= 15 is 0 Å². The number of aryl methyl sites for hydroxylation is 1. The lowest BCUT2D eigenvalue weighted by Gasteiger charge is -2.34. The van der Waals surface area contributed by atoms with E-state index in [2.05, 4.69) is 16.0 Å². The van der Waals surface area contributed by atoms with Crippen molar-refractivity contribution in [3.63, 3.8) is 0 Å². The van der Waals surface area contributed by atoms with Crippen LogP contribution in [0.25, 0.3) is 0 Å². The van der Waals surface area contributed by atoms with Gasteiger partial charge in [0, 0.05) is 30.6 Å². The number of hydrogen-bond acceptors (Lipinski definition) is 6. The summed E-state index contributed by atoms with van der Waals surface area (Å²) in [5.74, 6) is -0.792. The van der Waals surface area contributed by atoms with Crippen molar-refractivity contribution < 1.29 is 24.7 Å². The molecule has 1 amide bonds. The first-order chi connectivity index (χ1) is 13.9. The predicted octanol–water partition coefficient (Wildman–Crippen LogP) is 0.605. The van der Waals surface area contributed by atoms with E-state index in [1.807, 2.05) is 24.3 Å². The molecule has 1 aromatic rings. The van der Waals surface area contributed by atoms with Crippen LogP contribution in [0.15, 0.2) is 24.3 Å². The minimum atomic E-state index is -1.32. The number of unbranched alkanes of at least 4 members (excludes halogenated alkanes) is 1. The fourth-order valence-electron chi connectivity index (χ4n) is 4.70. The van der Waals surface area contributed by atoms with Crippen molar-refractivity contribution in [2.45, 2.75) is 56.4 Å². The maximum atomic E-state index is 13.5. The zero-order valence-corrected chi connectivity index (χ0v) is 16.6. The molecule has 2 fully saturated rings. The first kappa shape index (κ1) is 21.8. The maximum absolute atomic E-state index is 13.5. The van der Waals surface area contributed by atoms with Gasteiger partial charge in [0.2, 0.25) is 5.91 Å². The summed E-state index contributed by atoms with van der Waals surface area (Å²) < 4.78 is 0. The Bertz CT molecular complexity index is 732. The first-order valence-electron chi connectivity index (χ1n) is 10.4. The summed E-state index contributed by atoms with van der Waals surface area (Å²) in [5.41, 5.74) is 0.745. The van der Waals surface area contributed by atoms with E-state index in [1.54, 1.807) is 0 Å². The molecule has 2 aliphatic rings. The van der Waals surface area contributed by atoms with Gasteiger partial charge in [-0.2, -0.15) is 0 Å². The van der Waals surface area contributed by atoms with E-state index in [4.69, 9.17) is 15.2 Å². The summed E-state index contributed by atoms with van der Waals surface area (Å²) in [5, 5.41) is 37.1. The van der Waals surface area contributed by atoms with Crippen LogP contribution in [-0.4, -0.2) is 58.8 Å². The highest BCUT2D eigenvalue weighted by atomic mass is 16.4. The highest BCUT2D eigenvalue weighted by Gasteiger charge is 2.54. The number of rotatable bonds is 10. The third-order valence-electron chi connectivity index (χ3n) is 6.18. The van der Waals surface area contributed by atoms with Crippen LogP contribution in [0.5, 0.6) is 0 Å². The molecule has 0 aliphatic carbocycles. The molecule has 2 saturated heterocycles. The third kappa shape index (κ3) is 5.16. The molecule has 2 heterocycles. The van der Waals surface area contributed by atoms with Crippen LogP contribution in [0, 0.1) is 5.92 Å². The van der Waals surface area contributed by atoms with Crippen LogP contribution < -0.4 is 16.0 Å². The SMILES string of the molecule is O=C(O)CCc1ccccc1NC(=O)[C@]1(CCCCB(O)O)NC[C@@H]2NCC[C@@H]21. The lowest BCUT2D eigenvalue weighted by atomic mass is 9.76. The standard InChI is InChI=1S/C20H30BN3O5/c25-18(26)8-7-14-5-1-2-6-16(14)24-19(27)20(10-3-4-11-21(28)29)15-9-12-22-17(15)13-23-20/h1-2,5-6,15,17,22-23,28-29H,3-4,7-13H2,(H,24,27)(H,25,26)/t15-,17-,20+/m0/s1. The van der Waals surface area contributed by atoms with Crippen LogP contribution in [0.2, 0.25) is 6.32 Å². The number of hydrogen-bond donors (Lipinski definition) is 6. The Labute approximate surface area is 171 Å². The summed E-state index contributed by atoms with van der Waals surface area (Å²) in [7, 11) is -1.32. The summed E-state index contributed by atoms with van der Waals surface area (Å²) in [6.07, 6.45) is 3.53. The Morgan fingerprint density at radius 1 is 1.24 bits per heavy atom. The van der Waals surface area contributed by atoms with Gasteiger partial charge in [0.1, 0.15) is 5.54 Å². The van der Waals surface area contributed by atoms with Crippen LogP contribution in [0.4, 0.5) is 5.69 Å². The van der Waals surface area contributed by atoms with Crippen LogP contribution in [-0.2, 0) is 16.0 Å². The minimum Gasteiger partial charge on any atom is -0.481 e. The van der Waals surface area contributed by atoms with Gasteiger partial charge in [-0.1, -0.05) is 31.0 Å². The third-order valence-corrected chi connectivity index (χ3v) is 6.18. The van der Waals surface area contributed by atoms with Crippen molar-refractivity contribution in [1.82, 2.24) is 10.6 Å². The summed E-state index contributed by atoms with van der Waals surface area (Å²) >= 11 is 0. The monoisotopic (exact) mass is 403 g/mol. The molecule has 3 atom stereocenters. The van der Waals surface area contributed by atoms with Crippen molar-refractivity contribution in [2.24, 2.45) is 5.92 Å². The largest absolute Gasteiger partial charge is 0.481 e. The second-order valence-electron chi connectivity index (χ2n) is 8.04. The molecule has 0 bridgehead atoms. The summed E-state index contributed by atoms with van der Waals surface area (Å²) in [6, 6.07) is 7.58. The van der Waals surface area contributed by atoms with Crippen LogP contribution >= 0.6 is 0 Å². The zero-order valence-electron chi connectivity index (χ0n) is 16.6. The van der Waals surface area contributed by atoms with Gasteiger partial charge < -0.3 is 31.1 Å². The number of carboxylic acid groups (broad SMARTS) is 1. The molecule has 0 saturated carbocycles. The Morgan fingerprint density at radius 3 is 2.79 bits per heavy atom. The van der Waals surface area contributed by atoms with Crippen molar-refractivity contribution in [1.29, 1.82) is 0 Å². The molecule has 0 spiro atoms. The smallest absolute Gasteiger partial charge is 0.451 e. The van der Waals surface area contributed by atoms with E-state index in [9.17, 15) is 9.59 Å². The Kier molecular flexibility index (Phi) is 7.29. The molecule has 8 nitrogen and oxygen atoms in total. The number of amides is 1. The van der Waals surface area contributed by atoms with Crippen molar-refractivity contribution in [3.05, 3.63) is 29.8 Å². The first-order valence-corrected chi connectivity index (χ1v) is 10.4. The quantitative estimate of drug-likeness (QED) is 0.249. The molecule has 158 valence electrons. The number of benzene rings is 1. The second-order valence-corrected chi connectivity index (χ2v) is 8.04. The van der Waals surface area contributed by atoms with Gasteiger partial charge in [0.25, 0.3) is 0 Å². The molecule has 6 N–H and O–H groups in total. The average molecular weight is 403 g/mol. The molecule has 3 rings (SSSR count). The minimum absolute atomic E-state index is 0.00832. The topological polar surface area (TPSA) is 131 Å². The number of anilines is 1. The highest BCUT2D eigenvalue weighted by Crippen LogP contribution is 2.38. The molecular formula is C20H30BN3O5. The maximum Gasteiger partial charge on any atom is 0.451 e. The van der Waals surface area contributed by atoms with Gasteiger partial charge in [-0.05, 0) is 43.8 Å². The Morgan fingerprint density at radius 2 is 2.03 bits per heavy atom. The highest BCUT2D eigenvalue weighted by molar-refractivity contribution is 6.40. The predicted molar refractivity (Wildman–Crippen MR) is 111 cm³/mol. The summed E-state index contributed by atoms with van der Waals surface area (Å²) in [4.78, 5) is 24.4. The molecule has 9 heteroatoms. The molecule has 0 unspecified atom stereocenters. The fourth-order valence-corrected chi connectivity index (χ4v) is 4.70. The summed E-state index contributed by atoms with van der Waals surface area (Å²) in [6.45, 7) is 1.61. The van der Waals surface area contributed by atoms with E-state index in [0.29, 0.717) is 37.7 Å². The van der Waals surface area contributed by atoms with Crippen LogP contribution in [0.3, 0.4) is 0 Å². The van der Waals surface area contributed by atoms with Crippen molar-refractivity contribution >= 4 is 24.7 Å². The number of fused-ring (bicyclic) bond motifs is 1. The molecular weight excluding hydrogens is 373 g/mol. The van der Waals surface area contributed by atoms with Gasteiger partial charge in [-0.25, -0.2) is 0 Å². The normalized spacial score (nSPS) is 25.6. The number of carbonyl (C=O) groups excluding carboxylic acids is 1. The number of nitrogens with one attached hydrogen (secondary N) is 3. The molecule has 1 aromatic carbocycles. The molecule has 29 heavy (non-hydrogen) atoms. The second kappa shape index (κ2) is 9.71. The molecule has 0 radical (unpaired) electrons. The number of carbonyl (C=O) groups is 2. The van der Waals surface area contributed by atoms with Crippen molar-refractivity contribution in [2.75, 3.05) is 18.4 Å². The number of carboxylic acids is 1. The number of aliphatic carboxylic acids is 1. The van der Waals surface area contributed by atoms with Crippen LogP contribution in [0.1, 0.15) is 37.7 Å². The van der Waals surface area contributed by atoms with E-state index in [0.717, 1.165) is 25.1 Å². The van der Waals surface area contributed by atoms with Gasteiger partial charge in [0.05, 0.1) is 0 Å². The molecule has 0 aromatic heterocycles. The van der Waals surface area contributed by atoms with E-state index in [-0.39, 0.29) is 24.3 Å². The Balaban J connectivity index is 1.75. The fraction of sp³-hybridized carbons (Fsp3) is 0.600. The molecule has 2 aliphatic heterocycles. The zero-order chi connectivity index (χ0) is 20.9. The van der Waals surface area contributed by atoms with E-state index < -0.39 is 18.6 Å². The van der Waals surface area contributed by atoms with Gasteiger partial charge in [-0.15, -0.1) is 0 Å². The number of para-hydroxylation sites is 1. The average Bonchev–Trinajstić information content (AvgIpc) is 3.28.